The number of aromatic nitrogens is 1. The second-order valence-electron chi connectivity index (χ2n) is 7.88. The van der Waals surface area contributed by atoms with Gasteiger partial charge in [-0.25, -0.2) is 4.98 Å². The van der Waals surface area contributed by atoms with Crippen LogP contribution in [0.5, 0.6) is 0 Å². The molecule has 4 rings (SSSR count). The van der Waals surface area contributed by atoms with Crippen molar-refractivity contribution < 1.29 is 4.79 Å². The van der Waals surface area contributed by atoms with E-state index in [9.17, 15) is 4.79 Å². The molecule has 0 unspecified atom stereocenters. The van der Waals surface area contributed by atoms with E-state index in [4.69, 9.17) is 4.98 Å². The fraction of sp³-hybridized carbons (Fsp3) is 0.391. The van der Waals surface area contributed by atoms with Crippen molar-refractivity contribution in [2.24, 2.45) is 0 Å². The Balaban J connectivity index is 1.27. The Labute approximate surface area is 176 Å². The third-order valence-electron chi connectivity index (χ3n) is 5.48. The molecule has 1 N–H and O–H groups in total. The molecule has 1 aromatic heterocycles. The zero-order valence-corrected chi connectivity index (χ0v) is 18.2. The Morgan fingerprint density at radius 1 is 1.03 bits per heavy atom. The molecular weight excluding hydrogens is 380 g/mol. The lowest BCUT2D eigenvalue weighted by atomic mass is 10.1. The summed E-state index contributed by atoms with van der Waals surface area (Å²) in [7, 11) is 0. The summed E-state index contributed by atoms with van der Waals surface area (Å²) in [5.74, 6) is 0.00350. The summed E-state index contributed by atoms with van der Waals surface area (Å²) in [4.78, 5) is 21.9. The Morgan fingerprint density at radius 3 is 2.48 bits per heavy atom. The Morgan fingerprint density at radius 2 is 1.76 bits per heavy atom. The van der Waals surface area contributed by atoms with Gasteiger partial charge in [-0.3, -0.25) is 9.69 Å². The lowest BCUT2D eigenvalue weighted by Crippen LogP contribution is -2.48. The van der Waals surface area contributed by atoms with Gasteiger partial charge in [-0.15, -0.1) is 0 Å². The van der Waals surface area contributed by atoms with E-state index >= 15 is 0 Å². The molecule has 5 nitrogen and oxygen atoms in total. The first-order valence-electron chi connectivity index (χ1n) is 10.2. The molecule has 2 heterocycles. The van der Waals surface area contributed by atoms with E-state index in [1.165, 1.54) is 15.8 Å². The lowest BCUT2D eigenvalue weighted by Gasteiger charge is -2.34. The fourth-order valence-electron chi connectivity index (χ4n) is 3.80. The molecule has 6 heteroatoms. The van der Waals surface area contributed by atoms with Gasteiger partial charge in [0.2, 0.25) is 0 Å². The minimum atomic E-state index is 0.00350. The maximum absolute atomic E-state index is 12.2. The number of benzene rings is 2. The number of nitrogens with zero attached hydrogens (tertiary/aromatic N) is 3. The molecule has 1 aliphatic rings. The molecular formula is C23H28N4OS. The van der Waals surface area contributed by atoms with E-state index in [2.05, 4.69) is 41.1 Å². The SMILES string of the molecule is Cc1ccc(C(=O)NCCN2CCN(c3nc4cc(C)cc(C)c4s3)CC2)cc1. The lowest BCUT2D eigenvalue weighted by molar-refractivity contribution is 0.0948. The number of carbonyl (C=O) groups is 1. The fourth-order valence-corrected chi connectivity index (χ4v) is 4.86. The van der Waals surface area contributed by atoms with Crippen LogP contribution in [0, 0.1) is 20.8 Å². The van der Waals surface area contributed by atoms with E-state index in [1.807, 2.05) is 31.2 Å². The molecule has 2 aromatic carbocycles. The standard InChI is InChI=1S/C23H28N4OS/c1-16-4-6-19(7-5-16)22(28)24-8-9-26-10-12-27(13-11-26)23-25-20-15-17(2)14-18(3)21(20)29-23/h4-7,14-15H,8-13H2,1-3H3,(H,24,28). The van der Waals surface area contributed by atoms with Crippen molar-refractivity contribution >= 4 is 32.6 Å². The average Bonchev–Trinajstić information content (AvgIpc) is 3.13. The molecule has 1 amide bonds. The second kappa shape index (κ2) is 8.51. The molecule has 0 radical (unpaired) electrons. The highest BCUT2D eigenvalue weighted by Crippen LogP contribution is 2.32. The Kier molecular flexibility index (Phi) is 5.83. The maximum atomic E-state index is 12.2. The summed E-state index contributed by atoms with van der Waals surface area (Å²) in [6, 6.07) is 12.1. The van der Waals surface area contributed by atoms with Crippen LogP contribution in [-0.2, 0) is 0 Å². The number of nitrogens with one attached hydrogen (secondary N) is 1. The number of aryl methyl sites for hydroxylation is 3. The molecule has 29 heavy (non-hydrogen) atoms. The number of fused-ring (bicyclic) bond motifs is 1. The van der Waals surface area contributed by atoms with Crippen LogP contribution in [0.4, 0.5) is 5.13 Å². The van der Waals surface area contributed by atoms with Crippen LogP contribution in [0.15, 0.2) is 36.4 Å². The molecule has 0 bridgehead atoms. The molecule has 0 saturated carbocycles. The summed E-state index contributed by atoms with van der Waals surface area (Å²) >= 11 is 1.80. The zero-order valence-electron chi connectivity index (χ0n) is 17.4. The number of anilines is 1. The van der Waals surface area contributed by atoms with Gasteiger partial charge in [0.05, 0.1) is 10.2 Å². The van der Waals surface area contributed by atoms with Crippen LogP contribution in [0.3, 0.4) is 0 Å². The molecule has 0 aliphatic carbocycles. The molecule has 1 aliphatic heterocycles. The third-order valence-corrected chi connectivity index (χ3v) is 6.75. The summed E-state index contributed by atoms with van der Waals surface area (Å²) in [6.07, 6.45) is 0. The van der Waals surface area contributed by atoms with Gasteiger partial charge in [0.25, 0.3) is 5.91 Å². The highest BCUT2D eigenvalue weighted by atomic mass is 32.1. The number of rotatable bonds is 5. The van der Waals surface area contributed by atoms with Crippen molar-refractivity contribution in [3.63, 3.8) is 0 Å². The highest BCUT2D eigenvalue weighted by Gasteiger charge is 2.20. The largest absolute Gasteiger partial charge is 0.351 e. The zero-order chi connectivity index (χ0) is 20.4. The van der Waals surface area contributed by atoms with Crippen LogP contribution in [0.25, 0.3) is 10.2 Å². The molecule has 1 fully saturated rings. The number of hydrogen-bond donors (Lipinski definition) is 1. The molecule has 0 spiro atoms. The minimum absolute atomic E-state index is 0.00350. The van der Waals surface area contributed by atoms with Gasteiger partial charge in [-0.1, -0.05) is 35.1 Å². The summed E-state index contributed by atoms with van der Waals surface area (Å²) in [5, 5.41) is 4.16. The highest BCUT2D eigenvalue weighted by molar-refractivity contribution is 7.22. The molecule has 3 aromatic rings. The van der Waals surface area contributed by atoms with Crippen molar-refractivity contribution in [3.05, 3.63) is 58.7 Å². The normalized spacial score (nSPS) is 15.1. The van der Waals surface area contributed by atoms with Crippen molar-refractivity contribution in [2.45, 2.75) is 20.8 Å². The van der Waals surface area contributed by atoms with Gasteiger partial charge in [-0.2, -0.15) is 0 Å². The van der Waals surface area contributed by atoms with Crippen molar-refractivity contribution in [1.82, 2.24) is 15.2 Å². The topological polar surface area (TPSA) is 48.5 Å². The predicted molar refractivity (Wildman–Crippen MR) is 121 cm³/mol. The first kappa shape index (κ1) is 19.9. The smallest absolute Gasteiger partial charge is 0.251 e. The van der Waals surface area contributed by atoms with E-state index in [0.717, 1.165) is 54.5 Å². The Bertz CT molecular complexity index is 1000. The first-order chi connectivity index (χ1) is 14.0. The summed E-state index contributed by atoms with van der Waals surface area (Å²) < 4.78 is 1.30. The predicted octanol–water partition coefficient (Wildman–Crippen LogP) is 3.77. The van der Waals surface area contributed by atoms with Crippen molar-refractivity contribution in [3.8, 4) is 0 Å². The van der Waals surface area contributed by atoms with Gasteiger partial charge >= 0.3 is 0 Å². The van der Waals surface area contributed by atoms with Crippen LogP contribution in [0.2, 0.25) is 0 Å². The number of amides is 1. The van der Waals surface area contributed by atoms with Crippen LogP contribution >= 0.6 is 11.3 Å². The van der Waals surface area contributed by atoms with Crippen molar-refractivity contribution in [1.29, 1.82) is 0 Å². The van der Waals surface area contributed by atoms with E-state index in [-0.39, 0.29) is 5.91 Å². The van der Waals surface area contributed by atoms with Crippen molar-refractivity contribution in [2.75, 3.05) is 44.2 Å². The molecule has 0 atom stereocenters. The summed E-state index contributed by atoms with van der Waals surface area (Å²) in [6.45, 7) is 11.8. The number of thiazole rings is 1. The van der Waals surface area contributed by atoms with Gasteiger partial charge in [-0.05, 0) is 50.1 Å². The van der Waals surface area contributed by atoms with Gasteiger partial charge < -0.3 is 10.2 Å². The monoisotopic (exact) mass is 408 g/mol. The molecule has 1 saturated heterocycles. The van der Waals surface area contributed by atoms with Crippen LogP contribution in [0.1, 0.15) is 27.0 Å². The van der Waals surface area contributed by atoms with E-state index in [0.29, 0.717) is 6.54 Å². The average molecular weight is 409 g/mol. The number of hydrogen-bond acceptors (Lipinski definition) is 5. The third kappa shape index (κ3) is 4.60. The minimum Gasteiger partial charge on any atom is -0.351 e. The number of piperazine rings is 1. The number of carbonyl (C=O) groups excluding carboxylic acids is 1. The van der Waals surface area contributed by atoms with Gasteiger partial charge in [0.15, 0.2) is 5.13 Å². The van der Waals surface area contributed by atoms with Crippen LogP contribution in [-0.4, -0.2) is 55.1 Å². The Hall–Kier alpha value is -2.44. The maximum Gasteiger partial charge on any atom is 0.251 e. The van der Waals surface area contributed by atoms with E-state index in [1.54, 1.807) is 11.3 Å². The second-order valence-corrected chi connectivity index (χ2v) is 8.85. The molecule has 152 valence electrons. The van der Waals surface area contributed by atoms with E-state index < -0.39 is 0 Å². The van der Waals surface area contributed by atoms with Crippen LogP contribution < -0.4 is 10.2 Å². The van der Waals surface area contributed by atoms with Gasteiger partial charge in [0, 0.05) is 44.8 Å². The van der Waals surface area contributed by atoms with Gasteiger partial charge in [0.1, 0.15) is 0 Å². The summed E-state index contributed by atoms with van der Waals surface area (Å²) in [5.41, 5.74) is 5.58. The first-order valence-corrected chi connectivity index (χ1v) is 11.0. The quantitative estimate of drug-likeness (QED) is 0.698.